The standard InChI is InChI=1S/C42H49N3O6/c46-30-32-16-18-34(19-17-32)39-26-38(29-45-22-20-44(21-23-45)28-31-8-2-1-3-9-31)50-42(51-39)37-13-7-12-36(25-37)35-11-6-10-33(24-35)27-43-40(47)14-4-5-15-41(48)49/h1-3,6-13,16-19,24-25,38-39,42,46H,4-5,14-15,20-23,26-30H2,(H,43,47)(H,48,49). The molecule has 0 bridgehead atoms. The SMILES string of the molecule is O=C(O)CCCCC(=O)NCc1cccc(-c2cccc(C3OC(CN4CCN(Cc5ccccc5)CC4)CC(c4ccc(CO)cc4)O3)c2)c1. The molecule has 0 saturated carbocycles. The number of carbonyl (C=O) groups excluding carboxylic acids is 1. The third kappa shape index (κ3) is 10.8. The summed E-state index contributed by atoms with van der Waals surface area (Å²) < 4.78 is 13.4. The molecule has 1 amide bonds. The van der Waals surface area contributed by atoms with Crippen molar-refractivity contribution in [1.82, 2.24) is 15.1 Å². The summed E-state index contributed by atoms with van der Waals surface area (Å²) in [6.07, 6.45) is 1.46. The van der Waals surface area contributed by atoms with E-state index in [0.29, 0.717) is 25.8 Å². The molecule has 2 aliphatic rings. The van der Waals surface area contributed by atoms with Crippen LogP contribution in [0.2, 0.25) is 0 Å². The first-order chi connectivity index (χ1) is 24.9. The number of benzene rings is 4. The van der Waals surface area contributed by atoms with Gasteiger partial charge in [0.2, 0.25) is 5.91 Å². The number of unbranched alkanes of at least 4 members (excludes halogenated alkanes) is 1. The van der Waals surface area contributed by atoms with E-state index in [-0.39, 0.29) is 31.1 Å². The molecule has 2 heterocycles. The highest BCUT2D eigenvalue weighted by Crippen LogP contribution is 2.39. The number of aliphatic hydroxyl groups excluding tert-OH is 1. The molecule has 51 heavy (non-hydrogen) atoms. The van der Waals surface area contributed by atoms with Crippen molar-refractivity contribution in [3.63, 3.8) is 0 Å². The van der Waals surface area contributed by atoms with Crippen LogP contribution in [0.25, 0.3) is 11.1 Å². The fourth-order valence-corrected chi connectivity index (χ4v) is 6.87. The lowest BCUT2D eigenvalue weighted by molar-refractivity contribution is -0.253. The molecule has 0 spiro atoms. The number of amides is 1. The Morgan fingerprint density at radius 1 is 0.706 bits per heavy atom. The Morgan fingerprint density at radius 3 is 2.14 bits per heavy atom. The van der Waals surface area contributed by atoms with Crippen molar-refractivity contribution in [1.29, 1.82) is 0 Å². The van der Waals surface area contributed by atoms with Crippen LogP contribution in [0.5, 0.6) is 0 Å². The van der Waals surface area contributed by atoms with E-state index in [9.17, 15) is 14.7 Å². The molecule has 0 aromatic heterocycles. The van der Waals surface area contributed by atoms with Gasteiger partial charge in [0.25, 0.3) is 0 Å². The average molecular weight is 692 g/mol. The van der Waals surface area contributed by atoms with Gasteiger partial charge in [0.15, 0.2) is 6.29 Å². The van der Waals surface area contributed by atoms with Crippen LogP contribution in [0.3, 0.4) is 0 Å². The Labute approximate surface area is 300 Å². The van der Waals surface area contributed by atoms with Gasteiger partial charge in [0, 0.05) is 70.6 Å². The van der Waals surface area contributed by atoms with Crippen molar-refractivity contribution < 1.29 is 29.3 Å². The first kappa shape index (κ1) is 36.4. The summed E-state index contributed by atoms with van der Waals surface area (Å²) in [5, 5.41) is 21.4. The molecule has 4 aromatic rings. The number of carboxylic acid groups (broad SMARTS) is 1. The Kier molecular flexibility index (Phi) is 13.0. The number of hydrogen-bond donors (Lipinski definition) is 3. The molecule has 0 aliphatic carbocycles. The number of ether oxygens (including phenoxy) is 2. The molecule has 3 atom stereocenters. The van der Waals surface area contributed by atoms with Gasteiger partial charge in [0.05, 0.1) is 18.8 Å². The third-order valence-corrected chi connectivity index (χ3v) is 9.74. The topological polar surface area (TPSA) is 112 Å². The van der Waals surface area contributed by atoms with Crippen molar-refractivity contribution in [2.24, 2.45) is 0 Å². The molecule has 268 valence electrons. The van der Waals surface area contributed by atoms with Gasteiger partial charge >= 0.3 is 5.97 Å². The highest BCUT2D eigenvalue weighted by Gasteiger charge is 2.34. The van der Waals surface area contributed by atoms with Crippen LogP contribution in [0.1, 0.15) is 72.3 Å². The number of nitrogens with one attached hydrogen (secondary N) is 1. The highest BCUT2D eigenvalue weighted by atomic mass is 16.7. The Bertz CT molecular complexity index is 1710. The van der Waals surface area contributed by atoms with Crippen LogP contribution in [0.4, 0.5) is 0 Å². The van der Waals surface area contributed by atoms with E-state index >= 15 is 0 Å². The summed E-state index contributed by atoms with van der Waals surface area (Å²) >= 11 is 0. The molecular formula is C42H49N3O6. The van der Waals surface area contributed by atoms with Crippen LogP contribution in [0, 0.1) is 0 Å². The number of carboxylic acids is 1. The lowest BCUT2D eigenvalue weighted by atomic mass is 9.98. The Hall–Kier alpha value is -4.38. The lowest BCUT2D eigenvalue weighted by Gasteiger charge is -2.41. The van der Waals surface area contributed by atoms with Gasteiger partial charge in [-0.05, 0) is 58.4 Å². The summed E-state index contributed by atoms with van der Waals surface area (Å²) in [5.74, 6) is -0.918. The van der Waals surface area contributed by atoms with Crippen LogP contribution >= 0.6 is 0 Å². The zero-order valence-electron chi connectivity index (χ0n) is 29.2. The monoisotopic (exact) mass is 691 g/mol. The molecule has 2 saturated heterocycles. The maximum absolute atomic E-state index is 12.3. The molecule has 9 heteroatoms. The molecule has 9 nitrogen and oxygen atoms in total. The quantitative estimate of drug-likeness (QED) is 0.122. The summed E-state index contributed by atoms with van der Waals surface area (Å²) in [6.45, 7) is 6.23. The maximum atomic E-state index is 12.3. The average Bonchev–Trinajstić information content (AvgIpc) is 3.17. The van der Waals surface area contributed by atoms with Gasteiger partial charge in [-0.2, -0.15) is 0 Å². The number of aliphatic carboxylic acids is 1. The minimum atomic E-state index is -0.838. The number of nitrogens with zero attached hydrogens (tertiary/aromatic N) is 2. The summed E-state index contributed by atoms with van der Waals surface area (Å²) in [4.78, 5) is 28.1. The van der Waals surface area contributed by atoms with E-state index < -0.39 is 12.3 Å². The van der Waals surface area contributed by atoms with Gasteiger partial charge in [-0.15, -0.1) is 0 Å². The Balaban J connectivity index is 1.11. The van der Waals surface area contributed by atoms with E-state index in [1.165, 1.54) is 5.56 Å². The summed E-state index contributed by atoms with van der Waals surface area (Å²) in [7, 11) is 0. The Morgan fingerprint density at radius 2 is 1.39 bits per heavy atom. The predicted octanol–water partition coefficient (Wildman–Crippen LogP) is 6.47. The molecule has 2 fully saturated rings. The normalized spacial score (nSPS) is 19.8. The van der Waals surface area contributed by atoms with Gasteiger partial charge in [-0.25, -0.2) is 0 Å². The van der Waals surface area contributed by atoms with Crippen molar-refractivity contribution in [2.75, 3.05) is 32.7 Å². The van der Waals surface area contributed by atoms with E-state index in [4.69, 9.17) is 14.6 Å². The molecule has 2 aliphatic heterocycles. The second-order valence-corrected chi connectivity index (χ2v) is 13.6. The molecular weight excluding hydrogens is 642 g/mol. The zero-order valence-corrected chi connectivity index (χ0v) is 29.2. The van der Waals surface area contributed by atoms with E-state index in [0.717, 1.165) is 79.1 Å². The molecule has 6 rings (SSSR count). The van der Waals surface area contributed by atoms with Gasteiger partial charge in [0.1, 0.15) is 0 Å². The number of piperazine rings is 1. The number of rotatable bonds is 15. The third-order valence-electron chi connectivity index (χ3n) is 9.74. The largest absolute Gasteiger partial charge is 0.481 e. The van der Waals surface area contributed by atoms with Crippen molar-refractivity contribution in [3.05, 3.63) is 131 Å². The fourth-order valence-electron chi connectivity index (χ4n) is 6.87. The molecule has 4 aromatic carbocycles. The first-order valence-corrected chi connectivity index (χ1v) is 18.1. The van der Waals surface area contributed by atoms with Gasteiger partial charge in [-0.3, -0.25) is 19.4 Å². The second kappa shape index (κ2) is 18.2. The highest BCUT2D eigenvalue weighted by molar-refractivity contribution is 5.76. The molecule has 3 N–H and O–H groups in total. The minimum absolute atomic E-state index is 0.00533. The van der Waals surface area contributed by atoms with Crippen molar-refractivity contribution >= 4 is 11.9 Å². The number of carbonyl (C=O) groups is 2. The van der Waals surface area contributed by atoms with E-state index in [2.05, 4.69) is 87.9 Å². The molecule has 0 radical (unpaired) electrons. The summed E-state index contributed by atoms with van der Waals surface area (Å²) in [5.41, 5.74) is 7.28. The number of hydrogen-bond acceptors (Lipinski definition) is 7. The fraction of sp³-hybridized carbons (Fsp3) is 0.381. The second-order valence-electron chi connectivity index (χ2n) is 13.6. The zero-order chi connectivity index (χ0) is 35.4. The van der Waals surface area contributed by atoms with E-state index in [1.807, 2.05) is 30.3 Å². The van der Waals surface area contributed by atoms with Gasteiger partial charge in [-0.1, -0.05) is 91.0 Å². The summed E-state index contributed by atoms with van der Waals surface area (Å²) in [6, 6.07) is 35.1. The van der Waals surface area contributed by atoms with Crippen LogP contribution in [-0.2, 0) is 38.8 Å². The first-order valence-electron chi connectivity index (χ1n) is 18.1. The maximum Gasteiger partial charge on any atom is 0.303 e. The van der Waals surface area contributed by atoms with E-state index in [1.54, 1.807) is 0 Å². The molecule has 3 unspecified atom stereocenters. The predicted molar refractivity (Wildman–Crippen MR) is 196 cm³/mol. The van der Waals surface area contributed by atoms with Crippen LogP contribution in [0.15, 0.2) is 103 Å². The van der Waals surface area contributed by atoms with Gasteiger partial charge < -0.3 is 25.0 Å². The number of aliphatic hydroxyl groups is 1. The van der Waals surface area contributed by atoms with Crippen LogP contribution < -0.4 is 5.32 Å². The van der Waals surface area contributed by atoms with Crippen molar-refractivity contribution in [2.45, 2.75) is 70.3 Å². The van der Waals surface area contributed by atoms with Crippen molar-refractivity contribution in [3.8, 4) is 11.1 Å². The lowest BCUT2D eigenvalue weighted by Crippen LogP contribution is -2.49. The smallest absolute Gasteiger partial charge is 0.303 e. The van der Waals surface area contributed by atoms with Crippen LogP contribution in [-0.4, -0.2) is 70.7 Å². The minimum Gasteiger partial charge on any atom is -0.481 e.